The van der Waals surface area contributed by atoms with Crippen molar-refractivity contribution < 1.29 is 23.1 Å². The maximum absolute atomic E-state index is 14.4. The van der Waals surface area contributed by atoms with Gasteiger partial charge in [0.1, 0.15) is 11.6 Å². The molecule has 2 aromatic carbocycles. The van der Waals surface area contributed by atoms with Crippen LogP contribution in [0, 0.1) is 5.82 Å². The molecule has 3 aromatic rings. The van der Waals surface area contributed by atoms with Gasteiger partial charge in [0.05, 0.1) is 25.6 Å². The lowest BCUT2D eigenvalue weighted by atomic mass is 10.0. The molecular formula is C23H19FN2O4S. The summed E-state index contributed by atoms with van der Waals surface area (Å²) in [5.74, 6) is 0.325. The second kappa shape index (κ2) is 7.46. The number of hydrogen-bond donors (Lipinski definition) is 0. The van der Waals surface area contributed by atoms with Gasteiger partial charge >= 0.3 is 0 Å². The number of hydrogen-bond acceptors (Lipinski definition) is 5. The highest BCUT2D eigenvalue weighted by Gasteiger charge is 2.60. The van der Waals surface area contributed by atoms with Crippen molar-refractivity contribution >= 4 is 29.3 Å². The summed E-state index contributed by atoms with van der Waals surface area (Å²) in [5, 5.41) is 0. The highest BCUT2D eigenvalue weighted by atomic mass is 32.2. The van der Waals surface area contributed by atoms with E-state index in [0.29, 0.717) is 34.9 Å². The molecule has 3 heterocycles. The van der Waals surface area contributed by atoms with E-state index in [9.17, 15) is 14.0 Å². The first-order valence-corrected chi connectivity index (χ1v) is 10.8. The minimum Gasteiger partial charge on any atom is -0.497 e. The third-order valence-electron chi connectivity index (χ3n) is 5.66. The number of halogens is 1. The van der Waals surface area contributed by atoms with Gasteiger partial charge in [-0.2, -0.15) is 0 Å². The van der Waals surface area contributed by atoms with Crippen molar-refractivity contribution in [3.05, 3.63) is 83.6 Å². The Morgan fingerprint density at radius 1 is 1.23 bits per heavy atom. The van der Waals surface area contributed by atoms with E-state index in [1.54, 1.807) is 65.4 Å². The highest BCUT2D eigenvalue weighted by Crippen LogP contribution is 2.55. The largest absolute Gasteiger partial charge is 0.497 e. The van der Waals surface area contributed by atoms with E-state index < -0.39 is 4.87 Å². The summed E-state index contributed by atoms with van der Waals surface area (Å²) >= 11 is 1.40. The van der Waals surface area contributed by atoms with E-state index in [1.807, 2.05) is 0 Å². The van der Waals surface area contributed by atoms with E-state index in [-0.39, 0.29) is 29.9 Å². The molecule has 6 nitrogen and oxygen atoms in total. The summed E-state index contributed by atoms with van der Waals surface area (Å²) in [7, 11) is 1.55. The molecule has 5 rings (SSSR count). The summed E-state index contributed by atoms with van der Waals surface area (Å²) in [6.07, 6.45) is 1.43. The zero-order valence-corrected chi connectivity index (χ0v) is 17.5. The predicted octanol–water partition coefficient (Wildman–Crippen LogP) is 4.02. The number of methoxy groups -OCH3 is 1. The molecule has 1 spiro atoms. The molecule has 1 saturated heterocycles. The summed E-state index contributed by atoms with van der Waals surface area (Å²) < 4.78 is 25.1. The van der Waals surface area contributed by atoms with E-state index in [1.165, 1.54) is 24.1 Å². The number of anilines is 1. The van der Waals surface area contributed by atoms with Gasteiger partial charge in [-0.1, -0.05) is 18.2 Å². The van der Waals surface area contributed by atoms with Crippen molar-refractivity contribution in [2.75, 3.05) is 24.3 Å². The van der Waals surface area contributed by atoms with Gasteiger partial charge in [-0.25, -0.2) is 4.39 Å². The Kier molecular flexibility index (Phi) is 4.74. The number of furan rings is 1. The van der Waals surface area contributed by atoms with Crippen LogP contribution in [0.15, 0.2) is 65.3 Å². The Hall–Kier alpha value is -3.26. The van der Waals surface area contributed by atoms with Crippen molar-refractivity contribution in [3.63, 3.8) is 0 Å². The van der Waals surface area contributed by atoms with Crippen LogP contribution in [-0.4, -0.2) is 36.1 Å². The summed E-state index contributed by atoms with van der Waals surface area (Å²) in [4.78, 5) is 29.0. The fraction of sp³-hybridized carbons (Fsp3) is 0.217. The van der Waals surface area contributed by atoms with Crippen molar-refractivity contribution in [1.82, 2.24) is 4.90 Å². The molecule has 0 radical (unpaired) electrons. The Morgan fingerprint density at radius 2 is 2.06 bits per heavy atom. The fourth-order valence-electron chi connectivity index (χ4n) is 4.21. The second-order valence-corrected chi connectivity index (χ2v) is 8.58. The maximum Gasteiger partial charge on any atom is 0.291 e. The highest BCUT2D eigenvalue weighted by molar-refractivity contribution is 8.01. The molecule has 2 aliphatic heterocycles. The first kappa shape index (κ1) is 19.7. The van der Waals surface area contributed by atoms with E-state index >= 15 is 0 Å². The van der Waals surface area contributed by atoms with E-state index in [0.717, 1.165) is 0 Å². The summed E-state index contributed by atoms with van der Waals surface area (Å²) in [6, 6.07) is 14.9. The van der Waals surface area contributed by atoms with Gasteiger partial charge in [0.25, 0.3) is 11.8 Å². The normalized spacial score (nSPS) is 19.9. The van der Waals surface area contributed by atoms with Crippen LogP contribution < -0.4 is 9.64 Å². The van der Waals surface area contributed by atoms with E-state index in [4.69, 9.17) is 9.15 Å². The Balaban J connectivity index is 1.63. The van der Waals surface area contributed by atoms with Crippen LogP contribution in [0.1, 0.15) is 21.7 Å². The van der Waals surface area contributed by atoms with Gasteiger partial charge in [-0.05, 0) is 36.4 Å². The van der Waals surface area contributed by atoms with E-state index in [2.05, 4.69) is 0 Å². The number of thioether (sulfide) groups is 1. The number of nitrogens with zero attached hydrogens (tertiary/aromatic N) is 2. The first-order chi connectivity index (χ1) is 15.1. The number of carbonyl (C=O) groups is 2. The number of rotatable bonds is 4. The van der Waals surface area contributed by atoms with Crippen molar-refractivity contribution in [3.8, 4) is 5.75 Å². The number of fused-ring (bicyclic) bond motifs is 2. The number of carbonyl (C=O) groups excluding carboxylic acids is 2. The third kappa shape index (κ3) is 2.93. The Morgan fingerprint density at radius 3 is 2.81 bits per heavy atom. The van der Waals surface area contributed by atoms with Gasteiger partial charge in [0.2, 0.25) is 0 Å². The summed E-state index contributed by atoms with van der Waals surface area (Å²) in [6.45, 7) is 0.454. The van der Waals surface area contributed by atoms with Crippen LogP contribution in [-0.2, 0) is 16.2 Å². The topological polar surface area (TPSA) is 63.0 Å². The number of amides is 2. The van der Waals surface area contributed by atoms with Gasteiger partial charge in [-0.15, -0.1) is 11.8 Å². The average molecular weight is 438 g/mol. The molecule has 158 valence electrons. The minimum absolute atomic E-state index is 0.0654. The van der Waals surface area contributed by atoms with Crippen LogP contribution in [0.25, 0.3) is 0 Å². The fourth-order valence-corrected chi connectivity index (χ4v) is 5.66. The molecule has 1 aromatic heterocycles. The van der Waals surface area contributed by atoms with Gasteiger partial charge < -0.3 is 19.0 Å². The molecule has 8 heteroatoms. The smallest absolute Gasteiger partial charge is 0.291 e. The molecule has 0 aliphatic carbocycles. The lowest BCUT2D eigenvalue weighted by Crippen LogP contribution is -2.50. The molecule has 31 heavy (non-hydrogen) atoms. The quantitative estimate of drug-likeness (QED) is 0.616. The minimum atomic E-state index is -1.25. The molecular weight excluding hydrogens is 419 g/mol. The van der Waals surface area contributed by atoms with Crippen molar-refractivity contribution in [2.45, 2.75) is 11.4 Å². The van der Waals surface area contributed by atoms with Crippen LogP contribution in [0.3, 0.4) is 0 Å². The van der Waals surface area contributed by atoms with Crippen LogP contribution >= 0.6 is 11.8 Å². The Labute approximate surface area is 182 Å². The van der Waals surface area contributed by atoms with Gasteiger partial charge in [0.15, 0.2) is 10.6 Å². The van der Waals surface area contributed by atoms with Crippen LogP contribution in [0.4, 0.5) is 10.1 Å². The number of benzene rings is 2. The molecule has 0 bridgehead atoms. The zero-order valence-electron chi connectivity index (χ0n) is 16.7. The molecule has 2 amide bonds. The monoisotopic (exact) mass is 438 g/mol. The number of ether oxygens (including phenoxy) is 1. The maximum atomic E-state index is 14.4. The first-order valence-electron chi connectivity index (χ1n) is 9.79. The van der Waals surface area contributed by atoms with Gasteiger partial charge in [0, 0.05) is 23.4 Å². The summed E-state index contributed by atoms with van der Waals surface area (Å²) in [5.41, 5.74) is 1.71. The molecule has 1 fully saturated rings. The van der Waals surface area contributed by atoms with Crippen molar-refractivity contribution in [1.29, 1.82) is 0 Å². The third-order valence-corrected chi connectivity index (χ3v) is 7.08. The molecule has 0 unspecified atom stereocenters. The zero-order chi connectivity index (χ0) is 21.6. The van der Waals surface area contributed by atoms with Gasteiger partial charge in [-0.3, -0.25) is 9.59 Å². The standard InChI is InChI=1S/C23H19FN2O4S/c1-29-16-8-9-19-17(13-16)23(22(28)25(19)14-15-5-2-3-6-18(15)24)26(10-12-31-23)21(27)20-7-4-11-30-20/h2-9,11,13H,10,12,14H2,1H3/t23-/m1/s1. The van der Waals surface area contributed by atoms with Crippen LogP contribution in [0.5, 0.6) is 5.75 Å². The van der Waals surface area contributed by atoms with Crippen molar-refractivity contribution in [2.24, 2.45) is 0 Å². The molecule has 0 N–H and O–H groups in total. The lowest BCUT2D eigenvalue weighted by molar-refractivity contribution is -0.123. The van der Waals surface area contributed by atoms with Crippen LogP contribution in [0.2, 0.25) is 0 Å². The lowest BCUT2D eigenvalue weighted by Gasteiger charge is -2.32. The average Bonchev–Trinajstić information content (AvgIpc) is 3.52. The molecule has 0 saturated carbocycles. The SMILES string of the molecule is COc1ccc2c(c1)[C@@]1(SCCN1C(=O)c1ccco1)C(=O)N2Cc1ccccc1F. The second-order valence-electron chi connectivity index (χ2n) is 7.29. The Bertz CT molecular complexity index is 1170. The molecule has 1 atom stereocenters. The predicted molar refractivity (Wildman–Crippen MR) is 114 cm³/mol. The molecule has 2 aliphatic rings.